The molecule has 0 aliphatic heterocycles. The lowest BCUT2D eigenvalue weighted by atomic mass is 9.69. The maximum atomic E-state index is 10.4. The van der Waals surface area contributed by atoms with Crippen molar-refractivity contribution in [2.45, 2.75) is 70.3 Å². The Morgan fingerprint density at radius 2 is 2.12 bits per heavy atom. The second kappa shape index (κ2) is 7.45. The van der Waals surface area contributed by atoms with E-state index in [0.29, 0.717) is 11.8 Å². The Labute approximate surface area is 146 Å². The molecule has 0 amide bonds. The van der Waals surface area contributed by atoms with Crippen LogP contribution >= 0.6 is 0 Å². The smallest absolute Gasteiger partial charge is 0.119 e. The number of hydrogen-bond donors (Lipinski definition) is 2. The molecule has 4 unspecified atom stereocenters. The van der Waals surface area contributed by atoms with Crippen molar-refractivity contribution in [1.29, 1.82) is 0 Å². The predicted molar refractivity (Wildman–Crippen MR) is 96.4 cm³/mol. The lowest BCUT2D eigenvalue weighted by molar-refractivity contribution is -0.00347. The Morgan fingerprint density at radius 1 is 1.29 bits per heavy atom. The SMILES string of the molecule is CCC1CCc2cc(OC)ccc2C1CCC1(CO)CCCC1O. The van der Waals surface area contributed by atoms with Crippen LogP contribution in [0.15, 0.2) is 18.2 Å². The second-order valence-electron chi connectivity index (χ2n) is 7.85. The van der Waals surface area contributed by atoms with Crippen LogP contribution in [0.4, 0.5) is 0 Å². The van der Waals surface area contributed by atoms with E-state index >= 15 is 0 Å². The molecule has 4 atom stereocenters. The average Bonchev–Trinajstić information content (AvgIpc) is 2.99. The number of fused-ring (bicyclic) bond motifs is 1. The Kier molecular flexibility index (Phi) is 5.51. The Hall–Kier alpha value is -1.06. The van der Waals surface area contributed by atoms with Crippen molar-refractivity contribution in [2.75, 3.05) is 13.7 Å². The Balaban J connectivity index is 1.80. The van der Waals surface area contributed by atoms with E-state index in [1.807, 2.05) is 0 Å². The van der Waals surface area contributed by atoms with E-state index in [2.05, 4.69) is 25.1 Å². The zero-order valence-electron chi connectivity index (χ0n) is 15.1. The first kappa shape index (κ1) is 17.8. The molecule has 0 spiro atoms. The largest absolute Gasteiger partial charge is 0.497 e. The minimum absolute atomic E-state index is 0.118. The summed E-state index contributed by atoms with van der Waals surface area (Å²) in [6.45, 7) is 2.41. The van der Waals surface area contributed by atoms with E-state index in [1.54, 1.807) is 7.11 Å². The third kappa shape index (κ3) is 3.21. The fraction of sp³-hybridized carbons (Fsp3) is 0.714. The van der Waals surface area contributed by atoms with Crippen molar-refractivity contribution < 1.29 is 14.9 Å². The number of methoxy groups -OCH3 is 1. The quantitative estimate of drug-likeness (QED) is 0.826. The van der Waals surface area contributed by atoms with Crippen molar-refractivity contribution in [1.82, 2.24) is 0 Å². The van der Waals surface area contributed by atoms with Gasteiger partial charge in [0.2, 0.25) is 0 Å². The molecular formula is C21H32O3. The molecule has 2 N–H and O–H groups in total. The highest BCUT2D eigenvalue weighted by atomic mass is 16.5. The highest BCUT2D eigenvalue weighted by Gasteiger charge is 2.42. The fourth-order valence-corrected chi connectivity index (χ4v) is 5.08. The van der Waals surface area contributed by atoms with Crippen LogP contribution in [0.25, 0.3) is 0 Å². The summed E-state index contributed by atoms with van der Waals surface area (Å²) in [4.78, 5) is 0. The summed E-state index contributed by atoms with van der Waals surface area (Å²) in [6.07, 6.45) is 8.07. The predicted octanol–water partition coefficient (Wildman–Crippen LogP) is 4.05. The highest BCUT2D eigenvalue weighted by molar-refractivity contribution is 5.40. The van der Waals surface area contributed by atoms with Gasteiger partial charge in [-0.3, -0.25) is 0 Å². The van der Waals surface area contributed by atoms with Gasteiger partial charge in [-0.25, -0.2) is 0 Å². The highest BCUT2D eigenvalue weighted by Crippen LogP contribution is 2.47. The fourth-order valence-electron chi connectivity index (χ4n) is 5.08. The molecule has 0 bridgehead atoms. The first-order chi connectivity index (χ1) is 11.6. The second-order valence-corrected chi connectivity index (χ2v) is 7.85. The van der Waals surface area contributed by atoms with E-state index in [0.717, 1.165) is 44.3 Å². The number of ether oxygens (including phenoxy) is 1. The standard InChI is InChI=1S/C21H32O3/c1-3-15-6-7-16-13-17(24-2)8-9-18(16)19(15)10-12-21(14-22)11-4-5-20(21)23/h8-9,13,15,19-20,22-23H,3-7,10-12,14H2,1-2H3. The number of aryl methyl sites for hydroxylation is 1. The van der Waals surface area contributed by atoms with Crippen molar-refractivity contribution in [3.05, 3.63) is 29.3 Å². The average molecular weight is 332 g/mol. The Morgan fingerprint density at radius 3 is 2.75 bits per heavy atom. The molecule has 0 aromatic heterocycles. The summed E-state index contributed by atoms with van der Waals surface area (Å²) in [5, 5.41) is 20.3. The number of hydrogen-bond acceptors (Lipinski definition) is 3. The number of benzene rings is 1. The molecule has 1 saturated carbocycles. The van der Waals surface area contributed by atoms with Gasteiger partial charge < -0.3 is 14.9 Å². The minimum atomic E-state index is -0.332. The Bertz CT molecular complexity index is 556. The molecule has 134 valence electrons. The molecule has 2 aliphatic rings. The summed E-state index contributed by atoms with van der Waals surface area (Å²) in [5.74, 6) is 2.20. The van der Waals surface area contributed by atoms with Gasteiger partial charge in [-0.1, -0.05) is 25.8 Å². The van der Waals surface area contributed by atoms with Crippen LogP contribution < -0.4 is 4.74 Å². The number of aliphatic hydroxyl groups is 2. The van der Waals surface area contributed by atoms with E-state index in [1.165, 1.54) is 24.0 Å². The van der Waals surface area contributed by atoms with E-state index in [-0.39, 0.29) is 18.1 Å². The van der Waals surface area contributed by atoms with Crippen molar-refractivity contribution >= 4 is 0 Å². The minimum Gasteiger partial charge on any atom is -0.497 e. The van der Waals surface area contributed by atoms with Gasteiger partial charge in [0.25, 0.3) is 0 Å². The van der Waals surface area contributed by atoms with Crippen LogP contribution in [0.5, 0.6) is 5.75 Å². The van der Waals surface area contributed by atoms with E-state index < -0.39 is 0 Å². The zero-order valence-corrected chi connectivity index (χ0v) is 15.1. The molecule has 3 rings (SSSR count). The van der Waals surface area contributed by atoms with Gasteiger partial charge in [0, 0.05) is 5.41 Å². The normalized spacial score (nSPS) is 32.6. The van der Waals surface area contributed by atoms with Gasteiger partial charge in [0.15, 0.2) is 0 Å². The van der Waals surface area contributed by atoms with E-state index in [9.17, 15) is 10.2 Å². The molecule has 24 heavy (non-hydrogen) atoms. The summed E-state index contributed by atoms with van der Waals surface area (Å²) in [5.41, 5.74) is 2.63. The lowest BCUT2D eigenvalue weighted by Crippen LogP contribution is -2.35. The monoisotopic (exact) mass is 332 g/mol. The van der Waals surface area contributed by atoms with Crippen LogP contribution in [0.3, 0.4) is 0 Å². The van der Waals surface area contributed by atoms with Crippen LogP contribution in [-0.2, 0) is 6.42 Å². The van der Waals surface area contributed by atoms with Crippen molar-refractivity contribution in [2.24, 2.45) is 11.3 Å². The third-order valence-corrected chi connectivity index (χ3v) is 6.75. The summed E-state index contributed by atoms with van der Waals surface area (Å²) in [6, 6.07) is 6.52. The van der Waals surface area contributed by atoms with Gasteiger partial charge in [-0.2, -0.15) is 0 Å². The van der Waals surface area contributed by atoms with Crippen LogP contribution in [0, 0.1) is 11.3 Å². The van der Waals surface area contributed by atoms with Crippen molar-refractivity contribution in [3.8, 4) is 5.75 Å². The van der Waals surface area contributed by atoms with Crippen molar-refractivity contribution in [3.63, 3.8) is 0 Å². The van der Waals surface area contributed by atoms with Gasteiger partial charge >= 0.3 is 0 Å². The first-order valence-electron chi connectivity index (χ1n) is 9.59. The number of aliphatic hydroxyl groups excluding tert-OH is 2. The van der Waals surface area contributed by atoms with Crippen LogP contribution in [0.2, 0.25) is 0 Å². The summed E-state index contributed by atoms with van der Waals surface area (Å²) in [7, 11) is 1.73. The zero-order chi connectivity index (χ0) is 17.2. The number of rotatable bonds is 6. The maximum Gasteiger partial charge on any atom is 0.119 e. The molecule has 3 heteroatoms. The molecule has 0 radical (unpaired) electrons. The molecule has 0 heterocycles. The van der Waals surface area contributed by atoms with Gasteiger partial charge in [-0.15, -0.1) is 0 Å². The molecule has 1 aromatic rings. The molecule has 2 aliphatic carbocycles. The van der Waals surface area contributed by atoms with Crippen LogP contribution in [-0.4, -0.2) is 30.0 Å². The van der Waals surface area contributed by atoms with Gasteiger partial charge in [0.05, 0.1) is 19.8 Å². The molecular weight excluding hydrogens is 300 g/mol. The van der Waals surface area contributed by atoms with Gasteiger partial charge in [0.1, 0.15) is 5.75 Å². The molecule has 3 nitrogen and oxygen atoms in total. The third-order valence-electron chi connectivity index (χ3n) is 6.75. The maximum absolute atomic E-state index is 10.4. The van der Waals surface area contributed by atoms with Gasteiger partial charge in [-0.05, 0) is 73.6 Å². The summed E-state index contributed by atoms with van der Waals surface area (Å²) >= 11 is 0. The molecule has 0 saturated heterocycles. The summed E-state index contributed by atoms with van der Waals surface area (Å²) < 4.78 is 5.39. The first-order valence-corrected chi connectivity index (χ1v) is 9.59. The lowest BCUT2D eigenvalue weighted by Gasteiger charge is -2.37. The molecule has 1 fully saturated rings. The van der Waals surface area contributed by atoms with E-state index in [4.69, 9.17) is 4.74 Å². The van der Waals surface area contributed by atoms with Crippen LogP contribution in [0.1, 0.15) is 68.9 Å². The topological polar surface area (TPSA) is 49.7 Å². The molecule has 1 aromatic carbocycles.